The number of aryl methyl sites for hydroxylation is 1. The van der Waals surface area contributed by atoms with Crippen LogP contribution in [0.2, 0.25) is 0 Å². The molecule has 2 heterocycles. The first-order valence-electron chi connectivity index (χ1n) is 6.63. The van der Waals surface area contributed by atoms with E-state index < -0.39 is 0 Å². The van der Waals surface area contributed by atoms with Gasteiger partial charge in [0.05, 0.1) is 0 Å². The quantitative estimate of drug-likeness (QED) is 0.822. The summed E-state index contributed by atoms with van der Waals surface area (Å²) >= 11 is 1.38. The summed E-state index contributed by atoms with van der Waals surface area (Å²) in [5.41, 5.74) is 2.13. The Labute approximate surface area is 121 Å². The van der Waals surface area contributed by atoms with E-state index in [-0.39, 0.29) is 5.56 Å². The van der Waals surface area contributed by atoms with Gasteiger partial charge in [0.25, 0.3) is 5.56 Å². The molecule has 3 rings (SSSR count). The molecule has 0 bridgehead atoms. The fourth-order valence-corrected chi connectivity index (χ4v) is 2.64. The second-order valence-electron chi connectivity index (χ2n) is 4.96. The summed E-state index contributed by atoms with van der Waals surface area (Å²) in [5, 5.41) is 4.91. The van der Waals surface area contributed by atoms with Crippen LogP contribution < -0.4 is 10.9 Å². The van der Waals surface area contributed by atoms with Crippen LogP contribution in [0.4, 0.5) is 0 Å². The Hall–Kier alpha value is -1.66. The monoisotopic (exact) mass is 288 g/mol. The van der Waals surface area contributed by atoms with Crippen molar-refractivity contribution in [1.29, 1.82) is 0 Å². The third-order valence-corrected chi connectivity index (χ3v) is 4.12. The number of rotatable bonds is 5. The van der Waals surface area contributed by atoms with Gasteiger partial charge in [0.1, 0.15) is 5.03 Å². The van der Waals surface area contributed by atoms with E-state index in [9.17, 15) is 4.79 Å². The van der Waals surface area contributed by atoms with E-state index in [0.717, 1.165) is 17.1 Å². The molecule has 0 aliphatic heterocycles. The lowest BCUT2D eigenvalue weighted by Crippen LogP contribution is -2.15. The van der Waals surface area contributed by atoms with Crippen molar-refractivity contribution in [2.45, 2.75) is 42.5 Å². The fraction of sp³-hybridized carbons (Fsp3) is 0.357. The van der Waals surface area contributed by atoms with Crippen molar-refractivity contribution in [1.82, 2.24) is 20.3 Å². The predicted octanol–water partition coefficient (Wildman–Crippen LogP) is 1.88. The number of H-pyrrole nitrogens is 1. The van der Waals surface area contributed by atoms with Crippen LogP contribution in [0.1, 0.15) is 24.0 Å². The molecule has 2 aromatic heterocycles. The minimum Gasteiger partial charge on any atom is -0.310 e. The van der Waals surface area contributed by atoms with Crippen molar-refractivity contribution < 1.29 is 0 Å². The van der Waals surface area contributed by atoms with Crippen molar-refractivity contribution in [3.8, 4) is 0 Å². The fourth-order valence-electron chi connectivity index (χ4n) is 1.87. The second kappa shape index (κ2) is 5.76. The third kappa shape index (κ3) is 3.46. The summed E-state index contributed by atoms with van der Waals surface area (Å²) in [6.07, 6.45) is 5.96. The molecule has 0 saturated heterocycles. The average molecular weight is 288 g/mol. The van der Waals surface area contributed by atoms with Gasteiger partial charge in [0, 0.05) is 31.0 Å². The Morgan fingerprint density at radius 3 is 3.00 bits per heavy atom. The van der Waals surface area contributed by atoms with Gasteiger partial charge in [-0.25, -0.2) is 9.97 Å². The van der Waals surface area contributed by atoms with Crippen LogP contribution in [0.3, 0.4) is 0 Å². The summed E-state index contributed by atoms with van der Waals surface area (Å²) in [5.74, 6) is 0. The van der Waals surface area contributed by atoms with Gasteiger partial charge < -0.3 is 10.3 Å². The van der Waals surface area contributed by atoms with Gasteiger partial charge in [-0.1, -0.05) is 6.07 Å². The zero-order valence-electron chi connectivity index (χ0n) is 11.2. The van der Waals surface area contributed by atoms with Crippen LogP contribution >= 0.6 is 11.8 Å². The molecular formula is C14H16N4OS. The van der Waals surface area contributed by atoms with E-state index in [1.165, 1.54) is 42.4 Å². The Balaban J connectivity index is 1.71. The van der Waals surface area contributed by atoms with Crippen LogP contribution in [-0.4, -0.2) is 21.0 Å². The summed E-state index contributed by atoms with van der Waals surface area (Å²) in [7, 11) is 0. The van der Waals surface area contributed by atoms with E-state index in [1.807, 2.05) is 13.1 Å². The summed E-state index contributed by atoms with van der Waals surface area (Å²) in [6, 6.07) is 4.23. The minimum absolute atomic E-state index is 0.148. The molecular weight excluding hydrogens is 272 g/mol. The summed E-state index contributed by atoms with van der Waals surface area (Å²) < 4.78 is 0. The number of aromatic amines is 1. The zero-order valence-corrected chi connectivity index (χ0v) is 12.0. The van der Waals surface area contributed by atoms with Gasteiger partial charge in [-0.3, -0.25) is 4.79 Å². The van der Waals surface area contributed by atoms with E-state index in [1.54, 1.807) is 0 Å². The van der Waals surface area contributed by atoms with Crippen LogP contribution in [0, 0.1) is 6.92 Å². The second-order valence-corrected chi connectivity index (χ2v) is 5.94. The Kier molecular flexibility index (Phi) is 3.84. The highest BCUT2D eigenvalue weighted by Gasteiger charge is 2.20. The van der Waals surface area contributed by atoms with Crippen molar-refractivity contribution in [3.63, 3.8) is 0 Å². The molecule has 1 aliphatic carbocycles. The van der Waals surface area contributed by atoms with Crippen molar-refractivity contribution in [3.05, 3.63) is 46.0 Å². The topological polar surface area (TPSA) is 70.7 Å². The van der Waals surface area contributed by atoms with Crippen molar-refractivity contribution in [2.24, 2.45) is 0 Å². The number of aromatic nitrogens is 3. The molecule has 0 spiro atoms. The number of nitrogens with zero attached hydrogens (tertiary/aromatic N) is 2. The molecule has 104 valence electrons. The van der Waals surface area contributed by atoms with Crippen molar-refractivity contribution >= 4 is 11.8 Å². The molecule has 0 atom stereocenters. The standard InChI is InChI=1S/C14H16N4OS/c1-9-6-10(7-16-11-2-3-11)8-17-13(9)20-14-15-5-4-12(19)18-14/h4-6,8,11,16H,2-3,7H2,1H3,(H,15,18,19). The summed E-state index contributed by atoms with van der Waals surface area (Å²) in [6.45, 7) is 2.89. The highest BCUT2D eigenvalue weighted by molar-refractivity contribution is 7.99. The van der Waals surface area contributed by atoms with Crippen LogP contribution in [0.25, 0.3) is 0 Å². The van der Waals surface area contributed by atoms with E-state index in [2.05, 4.69) is 26.3 Å². The molecule has 1 fully saturated rings. The largest absolute Gasteiger partial charge is 0.310 e. The third-order valence-electron chi connectivity index (χ3n) is 3.10. The molecule has 2 aromatic rings. The van der Waals surface area contributed by atoms with E-state index in [0.29, 0.717) is 11.2 Å². The van der Waals surface area contributed by atoms with Gasteiger partial charge >= 0.3 is 0 Å². The van der Waals surface area contributed by atoms with Crippen LogP contribution in [0.15, 0.2) is 39.5 Å². The van der Waals surface area contributed by atoms with Gasteiger partial charge in [-0.05, 0) is 42.7 Å². The molecule has 1 saturated carbocycles. The molecule has 1 aliphatic rings. The smallest absolute Gasteiger partial charge is 0.251 e. The molecule has 2 N–H and O–H groups in total. The molecule has 0 aromatic carbocycles. The summed E-state index contributed by atoms with van der Waals surface area (Å²) in [4.78, 5) is 22.5. The molecule has 6 heteroatoms. The Morgan fingerprint density at radius 1 is 1.45 bits per heavy atom. The first kappa shape index (κ1) is 13.3. The first-order valence-corrected chi connectivity index (χ1v) is 7.44. The molecule has 0 radical (unpaired) electrons. The van der Waals surface area contributed by atoms with Gasteiger partial charge in [0.15, 0.2) is 5.16 Å². The minimum atomic E-state index is -0.148. The van der Waals surface area contributed by atoms with Crippen molar-refractivity contribution in [2.75, 3.05) is 0 Å². The number of nitrogens with one attached hydrogen (secondary N) is 2. The Bertz CT molecular complexity index is 666. The lowest BCUT2D eigenvalue weighted by molar-refractivity contribution is 0.684. The van der Waals surface area contributed by atoms with E-state index >= 15 is 0 Å². The highest BCUT2D eigenvalue weighted by Crippen LogP contribution is 2.25. The molecule has 5 nitrogen and oxygen atoms in total. The maximum atomic E-state index is 11.2. The molecule has 0 unspecified atom stereocenters. The van der Waals surface area contributed by atoms with Gasteiger partial charge in [0.2, 0.25) is 0 Å². The van der Waals surface area contributed by atoms with E-state index in [4.69, 9.17) is 0 Å². The molecule has 20 heavy (non-hydrogen) atoms. The number of hydrogen-bond acceptors (Lipinski definition) is 5. The number of pyridine rings is 1. The average Bonchev–Trinajstić information content (AvgIpc) is 3.23. The number of hydrogen-bond donors (Lipinski definition) is 2. The Morgan fingerprint density at radius 2 is 2.30 bits per heavy atom. The highest BCUT2D eigenvalue weighted by atomic mass is 32.2. The van der Waals surface area contributed by atoms with Gasteiger partial charge in [-0.15, -0.1) is 0 Å². The van der Waals surface area contributed by atoms with Gasteiger partial charge in [-0.2, -0.15) is 0 Å². The van der Waals surface area contributed by atoms with Crippen LogP contribution in [0.5, 0.6) is 0 Å². The zero-order chi connectivity index (χ0) is 13.9. The SMILES string of the molecule is Cc1cc(CNC2CC2)cnc1Sc1nccc(=O)[nH]1. The maximum Gasteiger partial charge on any atom is 0.251 e. The van der Waals surface area contributed by atoms with Crippen LogP contribution in [-0.2, 0) is 6.54 Å². The maximum absolute atomic E-state index is 11.2. The first-order chi connectivity index (χ1) is 9.70. The molecule has 0 amide bonds. The lowest BCUT2D eigenvalue weighted by Gasteiger charge is -2.07. The normalized spacial score (nSPS) is 14.4. The lowest BCUT2D eigenvalue weighted by atomic mass is 10.2. The predicted molar refractivity (Wildman–Crippen MR) is 77.8 cm³/mol.